The SMILES string of the molecule is O=C(CCCC1CCCCC1)Nc1cc(C(=O)O)[nH]n1. The van der Waals surface area contributed by atoms with Gasteiger partial charge in [0.15, 0.2) is 5.82 Å². The zero-order valence-electron chi connectivity index (χ0n) is 11.5. The van der Waals surface area contributed by atoms with Crippen LogP contribution in [0.1, 0.15) is 61.9 Å². The van der Waals surface area contributed by atoms with E-state index < -0.39 is 5.97 Å². The van der Waals surface area contributed by atoms with E-state index in [1.54, 1.807) is 0 Å². The van der Waals surface area contributed by atoms with Crippen LogP contribution in [0.3, 0.4) is 0 Å². The Morgan fingerprint density at radius 2 is 2.10 bits per heavy atom. The van der Waals surface area contributed by atoms with Crippen molar-refractivity contribution in [3.05, 3.63) is 11.8 Å². The number of H-pyrrole nitrogens is 1. The molecule has 0 radical (unpaired) electrons. The number of aromatic amines is 1. The molecular formula is C14H21N3O3. The fourth-order valence-electron chi connectivity index (χ4n) is 2.73. The number of amides is 1. The molecule has 1 aliphatic rings. The van der Waals surface area contributed by atoms with Crippen LogP contribution in [-0.2, 0) is 4.79 Å². The van der Waals surface area contributed by atoms with E-state index in [2.05, 4.69) is 15.5 Å². The normalized spacial score (nSPS) is 16.0. The third-order valence-electron chi connectivity index (χ3n) is 3.82. The molecule has 0 aromatic carbocycles. The second-order valence-electron chi connectivity index (χ2n) is 5.42. The maximum atomic E-state index is 11.7. The van der Waals surface area contributed by atoms with Gasteiger partial charge in [0.1, 0.15) is 5.69 Å². The topological polar surface area (TPSA) is 95.1 Å². The number of aromatic carboxylic acids is 1. The summed E-state index contributed by atoms with van der Waals surface area (Å²) in [4.78, 5) is 22.4. The van der Waals surface area contributed by atoms with Gasteiger partial charge in [-0.1, -0.05) is 32.1 Å². The molecule has 0 unspecified atom stereocenters. The summed E-state index contributed by atoms with van der Waals surface area (Å²) in [5.74, 6) is -0.148. The van der Waals surface area contributed by atoms with Crippen molar-refractivity contribution in [3.8, 4) is 0 Å². The monoisotopic (exact) mass is 279 g/mol. The van der Waals surface area contributed by atoms with Gasteiger partial charge in [-0.25, -0.2) is 4.79 Å². The lowest BCUT2D eigenvalue weighted by molar-refractivity contribution is -0.116. The lowest BCUT2D eigenvalue weighted by atomic mass is 9.86. The molecule has 110 valence electrons. The predicted octanol–water partition coefficient (Wildman–Crippen LogP) is 2.80. The number of nitrogens with one attached hydrogen (secondary N) is 2. The Hall–Kier alpha value is -1.85. The largest absolute Gasteiger partial charge is 0.477 e. The van der Waals surface area contributed by atoms with Gasteiger partial charge in [-0.05, 0) is 18.8 Å². The number of anilines is 1. The van der Waals surface area contributed by atoms with Crippen LogP contribution in [0.2, 0.25) is 0 Å². The Morgan fingerprint density at radius 3 is 2.75 bits per heavy atom. The molecule has 0 atom stereocenters. The Kier molecular flexibility index (Phi) is 5.15. The van der Waals surface area contributed by atoms with Gasteiger partial charge in [0.25, 0.3) is 0 Å². The quantitative estimate of drug-likeness (QED) is 0.746. The fraction of sp³-hybridized carbons (Fsp3) is 0.643. The smallest absolute Gasteiger partial charge is 0.353 e. The molecule has 1 heterocycles. The third kappa shape index (κ3) is 4.36. The number of carbonyl (C=O) groups is 2. The number of hydrogen-bond donors (Lipinski definition) is 3. The minimum absolute atomic E-state index is 0.0255. The van der Waals surface area contributed by atoms with Crippen molar-refractivity contribution in [1.29, 1.82) is 0 Å². The summed E-state index contributed by atoms with van der Waals surface area (Å²) in [7, 11) is 0. The average Bonchev–Trinajstić information content (AvgIpc) is 2.88. The first-order valence-corrected chi connectivity index (χ1v) is 7.23. The zero-order chi connectivity index (χ0) is 14.4. The molecule has 2 rings (SSSR count). The summed E-state index contributed by atoms with van der Waals surface area (Å²) in [5.41, 5.74) is -0.0255. The summed E-state index contributed by atoms with van der Waals surface area (Å²) < 4.78 is 0. The van der Waals surface area contributed by atoms with E-state index in [0.29, 0.717) is 6.42 Å². The van der Waals surface area contributed by atoms with Gasteiger partial charge in [-0.3, -0.25) is 9.89 Å². The van der Waals surface area contributed by atoms with Crippen LogP contribution in [-0.4, -0.2) is 27.2 Å². The van der Waals surface area contributed by atoms with Crippen LogP contribution in [0, 0.1) is 5.92 Å². The molecule has 0 spiro atoms. The molecule has 6 nitrogen and oxygen atoms in total. The number of rotatable bonds is 6. The highest BCUT2D eigenvalue weighted by Gasteiger charge is 2.14. The number of carbonyl (C=O) groups excluding carboxylic acids is 1. The van der Waals surface area contributed by atoms with Crippen LogP contribution in [0.15, 0.2) is 6.07 Å². The number of aromatic nitrogens is 2. The summed E-state index contributed by atoms with van der Waals surface area (Å²) >= 11 is 0. The molecule has 3 N–H and O–H groups in total. The van der Waals surface area contributed by atoms with Gasteiger partial charge in [-0.2, -0.15) is 5.10 Å². The second-order valence-corrected chi connectivity index (χ2v) is 5.42. The van der Waals surface area contributed by atoms with E-state index in [4.69, 9.17) is 5.11 Å². The van der Waals surface area contributed by atoms with Crippen LogP contribution in [0.25, 0.3) is 0 Å². The highest BCUT2D eigenvalue weighted by Crippen LogP contribution is 2.27. The molecule has 0 aliphatic heterocycles. The molecule has 1 amide bonds. The van der Waals surface area contributed by atoms with Crippen molar-refractivity contribution in [2.75, 3.05) is 5.32 Å². The molecule has 20 heavy (non-hydrogen) atoms. The average molecular weight is 279 g/mol. The molecule has 1 aromatic rings. The first-order chi connectivity index (χ1) is 9.65. The number of carboxylic acids is 1. The first-order valence-electron chi connectivity index (χ1n) is 7.23. The Bertz CT molecular complexity index is 464. The molecular weight excluding hydrogens is 258 g/mol. The highest BCUT2D eigenvalue weighted by molar-refractivity contribution is 5.92. The first kappa shape index (κ1) is 14.6. The lowest BCUT2D eigenvalue weighted by Gasteiger charge is -2.20. The highest BCUT2D eigenvalue weighted by atomic mass is 16.4. The number of nitrogens with zero attached hydrogens (tertiary/aromatic N) is 1. The van der Waals surface area contributed by atoms with Crippen molar-refractivity contribution in [2.45, 2.75) is 51.4 Å². The summed E-state index contributed by atoms with van der Waals surface area (Å²) in [6.07, 6.45) is 9.03. The van der Waals surface area contributed by atoms with Crippen LogP contribution < -0.4 is 5.32 Å². The second kappa shape index (κ2) is 7.07. The zero-order valence-corrected chi connectivity index (χ0v) is 11.5. The van der Waals surface area contributed by atoms with Gasteiger partial charge in [0, 0.05) is 12.5 Å². The summed E-state index contributed by atoms with van der Waals surface area (Å²) in [5, 5.41) is 17.4. The van der Waals surface area contributed by atoms with E-state index in [0.717, 1.165) is 18.8 Å². The van der Waals surface area contributed by atoms with E-state index in [1.807, 2.05) is 0 Å². The van der Waals surface area contributed by atoms with Gasteiger partial charge < -0.3 is 10.4 Å². The molecule has 1 aliphatic carbocycles. The van der Waals surface area contributed by atoms with E-state index in [1.165, 1.54) is 38.2 Å². The van der Waals surface area contributed by atoms with Gasteiger partial charge in [-0.15, -0.1) is 0 Å². The molecule has 6 heteroatoms. The minimum atomic E-state index is -1.09. The Balaban J connectivity index is 1.67. The van der Waals surface area contributed by atoms with Crippen molar-refractivity contribution >= 4 is 17.7 Å². The van der Waals surface area contributed by atoms with Crippen molar-refractivity contribution in [2.24, 2.45) is 5.92 Å². The molecule has 0 saturated heterocycles. The number of carboxylic acid groups (broad SMARTS) is 1. The minimum Gasteiger partial charge on any atom is -0.477 e. The molecule has 1 fully saturated rings. The van der Waals surface area contributed by atoms with Crippen molar-refractivity contribution in [3.63, 3.8) is 0 Å². The Morgan fingerprint density at radius 1 is 1.35 bits per heavy atom. The maximum Gasteiger partial charge on any atom is 0.353 e. The summed E-state index contributed by atoms with van der Waals surface area (Å²) in [6, 6.07) is 1.32. The van der Waals surface area contributed by atoms with Crippen molar-refractivity contribution in [1.82, 2.24) is 10.2 Å². The fourth-order valence-corrected chi connectivity index (χ4v) is 2.73. The molecule has 0 bridgehead atoms. The van der Waals surface area contributed by atoms with Crippen molar-refractivity contribution < 1.29 is 14.7 Å². The van der Waals surface area contributed by atoms with E-state index in [-0.39, 0.29) is 17.4 Å². The van der Waals surface area contributed by atoms with Crippen LogP contribution >= 0.6 is 0 Å². The van der Waals surface area contributed by atoms with E-state index in [9.17, 15) is 9.59 Å². The van der Waals surface area contributed by atoms with E-state index >= 15 is 0 Å². The Labute approximate surface area is 118 Å². The predicted molar refractivity (Wildman–Crippen MR) is 74.6 cm³/mol. The van der Waals surface area contributed by atoms with Gasteiger partial charge in [0.2, 0.25) is 5.91 Å². The third-order valence-corrected chi connectivity index (χ3v) is 3.82. The standard InChI is InChI=1S/C14H21N3O3/c18-13(8-4-7-10-5-2-1-3-6-10)15-12-9-11(14(19)20)16-17-12/h9-10H,1-8H2,(H,19,20)(H2,15,16,17,18). The van der Waals surface area contributed by atoms with Crippen LogP contribution in [0.4, 0.5) is 5.82 Å². The summed E-state index contributed by atoms with van der Waals surface area (Å²) in [6.45, 7) is 0. The molecule has 1 saturated carbocycles. The van der Waals surface area contributed by atoms with Crippen LogP contribution in [0.5, 0.6) is 0 Å². The number of hydrogen-bond acceptors (Lipinski definition) is 3. The van der Waals surface area contributed by atoms with Gasteiger partial charge >= 0.3 is 5.97 Å². The lowest BCUT2D eigenvalue weighted by Crippen LogP contribution is -2.13. The molecule has 1 aromatic heterocycles. The van der Waals surface area contributed by atoms with Gasteiger partial charge in [0.05, 0.1) is 0 Å². The maximum absolute atomic E-state index is 11.7.